The number of hydrogen-bond acceptors (Lipinski definition) is 8. The predicted octanol–water partition coefficient (Wildman–Crippen LogP) is 4.33. The molecule has 3 aliphatic rings. The van der Waals surface area contributed by atoms with E-state index in [4.69, 9.17) is 18.9 Å². The first kappa shape index (κ1) is 25.6. The highest BCUT2D eigenvalue weighted by Gasteiger charge is 2.66. The maximum Gasteiger partial charge on any atom is 0.336 e. The number of hydrogen-bond donors (Lipinski definition) is 0. The van der Waals surface area contributed by atoms with Crippen molar-refractivity contribution in [3.8, 4) is 0 Å². The molecule has 6 atom stereocenters. The van der Waals surface area contributed by atoms with Crippen molar-refractivity contribution in [2.24, 2.45) is 17.3 Å². The van der Waals surface area contributed by atoms with Gasteiger partial charge in [0.1, 0.15) is 12.2 Å². The summed E-state index contributed by atoms with van der Waals surface area (Å²) in [6.07, 6.45) is 5.73. The van der Waals surface area contributed by atoms with Gasteiger partial charge in [-0.15, -0.1) is 11.8 Å². The maximum atomic E-state index is 12.9. The van der Waals surface area contributed by atoms with Gasteiger partial charge in [0.25, 0.3) is 0 Å². The Morgan fingerprint density at radius 2 is 1.94 bits per heavy atom. The van der Waals surface area contributed by atoms with Gasteiger partial charge in [-0.05, 0) is 51.2 Å². The summed E-state index contributed by atoms with van der Waals surface area (Å²) in [7, 11) is 1.51. The van der Waals surface area contributed by atoms with Crippen LogP contribution in [0.1, 0.15) is 53.9 Å². The highest BCUT2D eigenvalue weighted by atomic mass is 32.2. The molecule has 0 aromatic rings. The quantitative estimate of drug-likeness (QED) is 0.317. The smallest absolute Gasteiger partial charge is 0.336 e. The molecular formula is C25H34O7S. The number of carbonyl (C=O) groups is 3. The van der Waals surface area contributed by atoms with Crippen molar-refractivity contribution in [1.82, 2.24) is 0 Å². The van der Waals surface area contributed by atoms with Gasteiger partial charge < -0.3 is 18.9 Å². The van der Waals surface area contributed by atoms with E-state index >= 15 is 0 Å². The van der Waals surface area contributed by atoms with Gasteiger partial charge in [-0.3, -0.25) is 0 Å². The monoisotopic (exact) mass is 478 g/mol. The molecule has 0 aromatic carbocycles. The average molecular weight is 479 g/mol. The summed E-state index contributed by atoms with van der Waals surface area (Å²) < 4.78 is 23.5. The van der Waals surface area contributed by atoms with Crippen molar-refractivity contribution >= 4 is 29.7 Å². The summed E-state index contributed by atoms with van der Waals surface area (Å²) in [5.41, 5.74) is 0.845. The van der Waals surface area contributed by atoms with Crippen LogP contribution in [0.2, 0.25) is 0 Å². The zero-order chi connectivity index (χ0) is 24.6. The lowest BCUT2D eigenvalue weighted by Crippen LogP contribution is -2.62. The normalized spacial score (nSPS) is 36.3. The maximum absolute atomic E-state index is 12.9. The Morgan fingerprint density at radius 1 is 1.24 bits per heavy atom. The Hall–Kier alpha value is -2.06. The van der Waals surface area contributed by atoms with Crippen molar-refractivity contribution in [1.29, 1.82) is 0 Å². The van der Waals surface area contributed by atoms with Gasteiger partial charge in [-0.2, -0.15) is 0 Å². The Balaban J connectivity index is 2.06. The van der Waals surface area contributed by atoms with Crippen molar-refractivity contribution in [3.05, 3.63) is 34.3 Å². The summed E-state index contributed by atoms with van der Waals surface area (Å²) in [5.74, 6) is -2.67. The van der Waals surface area contributed by atoms with Crippen LogP contribution in [0.5, 0.6) is 0 Å². The third-order valence-electron chi connectivity index (χ3n) is 7.86. The zero-order valence-corrected chi connectivity index (χ0v) is 21.2. The lowest BCUT2D eigenvalue weighted by Gasteiger charge is -2.58. The van der Waals surface area contributed by atoms with Crippen molar-refractivity contribution in [2.75, 3.05) is 13.4 Å². The molecule has 7 nitrogen and oxygen atoms in total. The number of carbonyl (C=O) groups excluding carboxylic acids is 3. The number of allylic oxidation sites excluding steroid dienone is 1. The molecule has 8 heteroatoms. The topological polar surface area (TPSA) is 88.1 Å². The standard InChI is InChI=1S/C25H34O7S/c1-8-14(2)22(27)31-21-20-15(3)23(28)32-25(20,29-6)13-17-9-10-18(16(4)24(17,21)5)30-19(26)11-12-33-7/h8,11-12,16-18,21H,9-10,13H2,1-7H3. The Kier molecular flexibility index (Phi) is 7.49. The van der Waals surface area contributed by atoms with Gasteiger partial charge in [0.15, 0.2) is 0 Å². The molecule has 0 aromatic heterocycles. The molecule has 6 unspecified atom stereocenters. The summed E-state index contributed by atoms with van der Waals surface area (Å²) in [4.78, 5) is 37.9. The zero-order valence-electron chi connectivity index (χ0n) is 20.4. The number of rotatable bonds is 6. The predicted molar refractivity (Wildman–Crippen MR) is 125 cm³/mol. The summed E-state index contributed by atoms with van der Waals surface area (Å²) in [6.45, 7) is 9.24. The van der Waals surface area contributed by atoms with Crippen LogP contribution < -0.4 is 0 Å². The largest absolute Gasteiger partial charge is 0.459 e. The van der Waals surface area contributed by atoms with Crippen LogP contribution in [-0.4, -0.2) is 49.3 Å². The van der Waals surface area contributed by atoms with Crippen LogP contribution >= 0.6 is 11.8 Å². The number of methoxy groups -OCH3 is 1. The third-order valence-corrected chi connectivity index (χ3v) is 8.26. The molecule has 33 heavy (non-hydrogen) atoms. The fourth-order valence-electron chi connectivity index (χ4n) is 5.55. The van der Waals surface area contributed by atoms with Crippen LogP contribution in [0, 0.1) is 17.3 Å². The van der Waals surface area contributed by atoms with Crippen LogP contribution in [0.4, 0.5) is 0 Å². The first-order chi connectivity index (χ1) is 15.5. The van der Waals surface area contributed by atoms with E-state index in [1.54, 1.807) is 32.3 Å². The number of esters is 3. The molecule has 1 heterocycles. The Morgan fingerprint density at radius 3 is 2.55 bits per heavy atom. The molecule has 0 N–H and O–H groups in total. The van der Waals surface area contributed by atoms with Crippen molar-refractivity contribution < 1.29 is 33.3 Å². The summed E-state index contributed by atoms with van der Waals surface area (Å²) in [5, 5.41) is 1.69. The van der Waals surface area contributed by atoms with E-state index in [1.165, 1.54) is 24.9 Å². The van der Waals surface area contributed by atoms with Gasteiger partial charge in [0.05, 0.1) is 5.57 Å². The minimum atomic E-state index is -1.25. The second-order valence-corrected chi connectivity index (χ2v) is 10.0. The number of fused-ring (bicyclic) bond motifs is 2. The molecule has 2 fully saturated rings. The highest BCUT2D eigenvalue weighted by molar-refractivity contribution is 8.01. The van der Waals surface area contributed by atoms with E-state index < -0.39 is 35.2 Å². The lowest BCUT2D eigenvalue weighted by molar-refractivity contribution is -0.244. The van der Waals surface area contributed by atoms with Gasteiger partial charge in [0, 0.05) is 42.1 Å². The first-order valence-corrected chi connectivity index (χ1v) is 12.6. The van der Waals surface area contributed by atoms with Gasteiger partial charge >= 0.3 is 17.9 Å². The third kappa shape index (κ3) is 4.28. The minimum absolute atomic E-state index is 0.0234. The summed E-state index contributed by atoms with van der Waals surface area (Å²) >= 11 is 1.43. The van der Waals surface area contributed by atoms with E-state index in [0.29, 0.717) is 29.6 Å². The number of ether oxygens (including phenoxy) is 4. The highest BCUT2D eigenvalue weighted by Crippen LogP contribution is 2.61. The van der Waals surface area contributed by atoms with Gasteiger partial charge in [0.2, 0.25) is 5.79 Å². The van der Waals surface area contributed by atoms with E-state index in [-0.39, 0.29) is 17.9 Å². The van der Waals surface area contributed by atoms with Crippen LogP contribution in [0.15, 0.2) is 34.3 Å². The SMILES string of the molecule is CC=C(C)C(=O)OC1C2=C(C)C(=O)OC2(OC)CC2CCC(OC(=O)C=CSC)C(C)C21C. The average Bonchev–Trinajstić information content (AvgIpc) is 3.05. The second-order valence-electron chi connectivity index (χ2n) is 9.29. The molecule has 0 bridgehead atoms. The van der Waals surface area contributed by atoms with Crippen molar-refractivity contribution in [2.45, 2.75) is 71.9 Å². The molecule has 2 aliphatic carbocycles. The lowest BCUT2D eigenvalue weighted by atomic mass is 9.51. The van der Waals surface area contributed by atoms with E-state index in [2.05, 4.69) is 6.92 Å². The number of thioether (sulfide) groups is 1. The molecular weight excluding hydrogens is 444 g/mol. The van der Waals surface area contributed by atoms with Crippen LogP contribution in [0.25, 0.3) is 0 Å². The Labute approximate surface area is 199 Å². The summed E-state index contributed by atoms with van der Waals surface area (Å²) in [6, 6.07) is 0. The van der Waals surface area contributed by atoms with E-state index in [0.717, 1.165) is 6.42 Å². The molecule has 2 saturated carbocycles. The molecule has 182 valence electrons. The fourth-order valence-corrected chi connectivity index (χ4v) is 5.79. The van der Waals surface area contributed by atoms with Crippen LogP contribution in [0.3, 0.4) is 0 Å². The Bertz CT molecular complexity index is 920. The molecule has 0 radical (unpaired) electrons. The molecule has 3 rings (SSSR count). The van der Waals surface area contributed by atoms with E-state index in [1.807, 2.05) is 13.2 Å². The fraction of sp³-hybridized carbons (Fsp3) is 0.640. The van der Waals surface area contributed by atoms with Gasteiger partial charge in [-0.25, -0.2) is 14.4 Å². The van der Waals surface area contributed by atoms with Gasteiger partial charge in [-0.1, -0.05) is 19.9 Å². The molecule has 1 aliphatic heterocycles. The van der Waals surface area contributed by atoms with E-state index in [9.17, 15) is 14.4 Å². The molecule has 0 spiro atoms. The second kappa shape index (κ2) is 9.66. The first-order valence-electron chi connectivity index (χ1n) is 11.3. The van der Waals surface area contributed by atoms with Crippen LogP contribution in [-0.2, 0) is 33.3 Å². The molecule has 0 amide bonds. The molecule has 0 saturated heterocycles. The minimum Gasteiger partial charge on any atom is -0.459 e. The van der Waals surface area contributed by atoms with Crippen molar-refractivity contribution in [3.63, 3.8) is 0 Å².